The molecule has 28 heavy (non-hydrogen) atoms. The second-order valence-electron chi connectivity index (χ2n) is 6.81. The molecule has 3 rings (SSSR count). The molecular formula is C20H28N2O6. The van der Waals surface area contributed by atoms with Gasteiger partial charge in [-0.25, -0.2) is 9.59 Å². The van der Waals surface area contributed by atoms with E-state index >= 15 is 0 Å². The van der Waals surface area contributed by atoms with Crippen LogP contribution in [-0.2, 0) is 25.6 Å². The van der Waals surface area contributed by atoms with Gasteiger partial charge in [0.1, 0.15) is 13.2 Å². The molecular weight excluding hydrogens is 364 g/mol. The first-order chi connectivity index (χ1) is 13.7. The Balaban J connectivity index is 1.28. The molecule has 0 unspecified atom stereocenters. The molecule has 1 aromatic carbocycles. The van der Waals surface area contributed by atoms with Crippen molar-refractivity contribution < 1.29 is 28.5 Å². The van der Waals surface area contributed by atoms with Gasteiger partial charge in [-0.3, -0.25) is 0 Å². The third-order valence-corrected chi connectivity index (χ3v) is 4.83. The lowest BCUT2D eigenvalue weighted by Gasteiger charge is -2.33. The number of amides is 2. The molecule has 2 aliphatic heterocycles. The number of benzene rings is 1. The van der Waals surface area contributed by atoms with Gasteiger partial charge >= 0.3 is 12.2 Å². The van der Waals surface area contributed by atoms with Gasteiger partial charge in [-0.2, -0.15) is 0 Å². The van der Waals surface area contributed by atoms with Gasteiger partial charge in [-0.1, -0.05) is 30.3 Å². The molecule has 0 saturated carbocycles. The maximum Gasteiger partial charge on any atom is 0.410 e. The molecule has 2 amide bonds. The monoisotopic (exact) mass is 392 g/mol. The normalized spacial score (nSPS) is 18.0. The predicted molar refractivity (Wildman–Crippen MR) is 101 cm³/mol. The number of hydrogen-bond acceptors (Lipinski definition) is 6. The largest absolute Gasteiger partial charge is 0.447 e. The van der Waals surface area contributed by atoms with E-state index in [0.717, 1.165) is 31.6 Å². The van der Waals surface area contributed by atoms with Crippen molar-refractivity contribution in [1.82, 2.24) is 9.80 Å². The zero-order valence-electron chi connectivity index (χ0n) is 16.1. The molecule has 154 valence electrons. The van der Waals surface area contributed by atoms with Crippen LogP contribution in [0, 0.1) is 0 Å². The van der Waals surface area contributed by atoms with Crippen molar-refractivity contribution >= 4 is 12.2 Å². The first-order valence-corrected chi connectivity index (χ1v) is 9.79. The van der Waals surface area contributed by atoms with Crippen molar-refractivity contribution in [2.75, 3.05) is 52.6 Å². The Morgan fingerprint density at radius 1 is 0.893 bits per heavy atom. The maximum atomic E-state index is 12.2. The van der Waals surface area contributed by atoms with Crippen LogP contribution in [0.25, 0.3) is 0 Å². The summed E-state index contributed by atoms with van der Waals surface area (Å²) in [5.41, 5.74) is 0.945. The summed E-state index contributed by atoms with van der Waals surface area (Å²) >= 11 is 0. The number of piperazine rings is 1. The van der Waals surface area contributed by atoms with Gasteiger partial charge in [0.15, 0.2) is 0 Å². The summed E-state index contributed by atoms with van der Waals surface area (Å²) in [6, 6.07) is 9.55. The van der Waals surface area contributed by atoms with Crippen molar-refractivity contribution in [3.63, 3.8) is 0 Å². The van der Waals surface area contributed by atoms with Crippen LogP contribution in [0.5, 0.6) is 0 Å². The lowest BCUT2D eigenvalue weighted by molar-refractivity contribution is -0.0447. The quantitative estimate of drug-likeness (QED) is 0.691. The lowest BCUT2D eigenvalue weighted by atomic mass is 10.2. The van der Waals surface area contributed by atoms with Gasteiger partial charge in [0.05, 0.1) is 12.7 Å². The number of carbonyl (C=O) groups is 2. The van der Waals surface area contributed by atoms with E-state index in [1.807, 2.05) is 30.3 Å². The minimum absolute atomic E-state index is 0.192. The highest BCUT2D eigenvalue weighted by atomic mass is 16.6. The van der Waals surface area contributed by atoms with E-state index in [0.29, 0.717) is 32.8 Å². The molecule has 0 radical (unpaired) electrons. The number of carbonyl (C=O) groups excluding carboxylic acids is 2. The summed E-state index contributed by atoms with van der Waals surface area (Å²) < 4.78 is 21.6. The van der Waals surface area contributed by atoms with Crippen LogP contribution < -0.4 is 0 Å². The third-order valence-electron chi connectivity index (χ3n) is 4.83. The van der Waals surface area contributed by atoms with Crippen LogP contribution in [0.1, 0.15) is 18.4 Å². The standard InChI is InChI=1S/C20H28N2O6/c23-19(27-15-14-26-18-6-12-25-13-7-18)21-8-10-22(11-9-21)20(24)28-16-17-4-2-1-3-5-17/h1-5,18H,6-16H2. The van der Waals surface area contributed by atoms with E-state index < -0.39 is 0 Å². The summed E-state index contributed by atoms with van der Waals surface area (Å²) in [7, 11) is 0. The van der Waals surface area contributed by atoms with Gasteiger partial charge in [0, 0.05) is 39.4 Å². The first-order valence-electron chi connectivity index (χ1n) is 9.79. The predicted octanol–water partition coefficient (Wildman–Crippen LogP) is 2.27. The lowest BCUT2D eigenvalue weighted by Crippen LogP contribution is -2.51. The number of hydrogen-bond donors (Lipinski definition) is 0. The zero-order valence-corrected chi connectivity index (χ0v) is 16.1. The molecule has 0 bridgehead atoms. The highest BCUT2D eigenvalue weighted by Gasteiger charge is 2.26. The van der Waals surface area contributed by atoms with Crippen LogP contribution >= 0.6 is 0 Å². The van der Waals surface area contributed by atoms with E-state index in [1.165, 1.54) is 0 Å². The van der Waals surface area contributed by atoms with Crippen LogP contribution in [0.4, 0.5) is 9.59 Å². The van der Waals surface area contributed by atoms with E-state index in [4.69, 9.17) is 18.9 Å². The molecule has 0 spiro atoms. The van der Waals surface area contributed by atoms with E-state index in [9.17, 15) is 9.59 Å². The summed E-state index contributed by atoms with van der Waals surface area (Å²) in [4.78, 5) is 27.5. The van der Waals surface area contributed by atoms with Crippen molar-refractivity contribution in [3.05, 3.63) is 35.9 Å². The van der Waals surface area contributed by atoms with E-state index in [1.54, 1.807) is 9.80 Å². The van der Waals surface area contributed by atoms with Gasteiger partial charge in [-0.15, -0.1) is 0 Å². The van der Waals surface area contributed by atoms with Crippen LogP contribution in [0.2, 0.25) is 0 Å². The summed E-state index contributed by atoms with van der Waals surface area (Å²) in [5.74, 6) is 0. The molecule has 0 N–H and O–H groups in total. The van der Waals surface area contributed by atoms with Gasteiger partial charge in [-0.05, 0) is 18.4 Å². The second-order valence-corrected chi connectivity index (χ2v) is 6.81. The molecule has 0 aliphatic carbocycles. The van der Waals surface area contributed by atoms with Crippen LogP contribution in [-0.4, -0.2) is 80.7 Å². The SMILES string of the molecule is O=C(OCCOC1CCOCC1)N1CCN(C(=O)OCc2ccccc2)CC1. The first kappa shape index (κ1) is 20.4. The Labute approximate surface area is 165 Å². The molecule has 8 heteroatoms. The van der Waals surface area contributed by atoms with Crippen LogP contribution in [0.15, 0.2) is 30.3 Å². The minimum atomic E-state index is -0.368. The fourth-order valence-electron chi connectivity index (χ4n) is 3.16. The maximum absolute atomic E-state index is 12.2. The fraction of sp³-hybridized carbons (Fsp3) is 0.600. The Hall–Kier alpha value is -2.32. The number of rotatable bonds is 6. The molecule has 2 heterocycles. The second kappa shape index (κ2) is 10.9. The average molecular weight is 392 g/mol. The highest BCUT2D eigenvalue weighted by Crippen LogP contribution is 2.11. The molecule has 2 aliphatic rings. The summed E-state index contributed by atoms with van der Waals surface area (Å²) in [6.07, 6.45) is 1.24. The number of ether oxygens (including phenoxy) is 4. The highest BCUT2D eigenvalue weighted by molar-refractivity contribution is 5.70. The Kier molecular flexibility index (Phi) is 7.93. The fourth-order valence-corrected chi connectivity index (χ4v) is 3.16. The smallest absolute Gasteiger partial charge is 0.410 e. The molecule has 2 saturated heterocycles. The molecule has 0 atom stereocenters. The zero-order chi connectivity index (χ0) is 19.6. The Morgan fingerprint density at radius 2 is 1.50 bits per heavy atom. The Morgan fingerprint density at radius 3 is 2.14 bits per heavy atom. The summed E-state index contributed by atoms with van der Waals surface area (Å²) in [6.45, 7) is 4.04. The van der Waals surface area contributed by atoms with E-state index in [2.05, 4.69) is 0 Å². The average Bonchev–Trinajstić information content (AvgIpc) is 2.76. The minimum Gasteiger partial charge on any atom is -0.447 e. The van der Waals surface area contributed by atoms with Crippen molar-refractivity contribution in [2.45, 2.75) is 25.6 Å². The van der Waals surface area contributed by atoms with Crippen molar-refractivity contribution in [3.8, 4) is 0 Å². The Bertz CT molecular complexity index is 612. The van der Waals surface area contributed by atoms with E-state index in [-0.39, 0.29) is 31.5 Å². The molecule has 2 fully saturated rings. The van der Waals surface area contributed by atoms with Crippen molar-refractivity contribution in [1.29, 1.82) is 0 Å². The van der Waals surface area contributed by atoms with Gasteiger partial charge in [0.2, 0.25) is 0 Å². The van der Waals surface area contributed by atoms with Crippen LogP contribution in [0.3, 0.4) is 0 Å². The summed E-state index contributed by atoms with van der Waals surface area (Å²) in [5, 5.41) is 0. The van der Waals surface area contributed by atoms with Gasteiger partial charge < -0.3 is 28.7 Å². The number of nitrogens with zero attached hydrogens (tertiary/aromatic N) is 2. The topological polar surface area (TPSA) is 77.5 Å². The van der Waals surface area contributed by atoms with Crippen molar-refractivity contribution in [2.24, 2.45) is 0 Å². The molecule has 8 nitrogen and oxygen atoms in total. The third kappa shape index (κ3) is 6.38. The van der Waals surface area contributed by atoms with Gasteiger partial charge in [0.25, 0.3) is 0 Å². The molecule has 1 aromatic rings. The molecule has 0 aromatic heterocycles.